The summed E-state index contributed by atoms with van der Waals surface area (Å²) in [6.45, 7) is -2.44. The molecule has 1 aromatic carbocycles. The molecule has 0 aliphatic heterocycles. The predicted molar refractivity (Wildman–Crippen MR) is 58.0 cm³/mol. The number of carbonyl (C=O) groups is 1. The summed E-state index contributed by atoms with van der Waals surface area (Å²) in [5.74, 6) is 0.296. The highest BCUT2D eigenvalue weighted by atomic mass is 19.3. The molecule has 0 heterocycles. The van der Waals surface area contributed by atoms with E-state index < -0.39 is 6.61 Å². The van der Waals surface area contributed by atoms with Gasteiger partial charge in [0.2, 0.25) is 0 Å². The lowest BCUT2D eigenvalue weighted by molar-refractivity contribution is -0.128. The van der Waals surface area contributed by atoms with Gasteiger partial charge in [0.15, 0.2) is 0 Å². The minimum absolute atomic E-state index is 0.113. The van der Waals surface area contributed by atoms with Gasteiger partial charge in [-0.3, -0.25) is 4.79 Å². The maximum atomic E-state index is 12.0. The molecule has 0 bridgehead atoms. The van der Waals surface area contributed by atoms with Crippen LogP contribution in [0.4, 0.5) is 8.78 Å². The number of hydrogen-bond donors (Lipinski definition) is 1. The van der Waals surface area contributed by atoms with Crippen LogP contribution in [0.15, 0.2) is 24.3 Å². The summed E-state index contributed by atoms with van der Waals surface area (Å²) in [4.78, 5) is 11.1. The number of carbonyl (C=O) groups excluding carboxylic acids is 1. The number of nitrogens with two attached hydrogens (primary N) is 1. The van der Waals surface area contributed by atoms with Gasteiger partial charge in [-0.1, -0.05) is 12.1 Å². The summed E-state index contributed by atoms with van der Waals surface area (Å²) in [6.07, 6.45) is 0.858. The molecule has 0 radical (unpaired) electrons. The molecule has 0 amide bonds. The van der Waals surface area contributed by atoms with E-state index in [4.69, 9.17) is 5.73 Å². The second kappa shape index (κ2) is 4.41. The molecule has 0 aromatic heterocycles. The fraction of sp³-hybridized carbons (Fsp3) is 0.417. The monoisotopic (exact) mass is 241 g/mol. The largest absolute Gasteiger partial charge is 0.435 e. The maximum absolute atomic E-state index is 12.0. The molecule has 0 unspecified atom stereocenters. The van der Waals surface area contributed by atoms with Gasteiger partial charge in [0.05, 0.1) is 0 Å². The Morgan fingerprint density at radius 2 is 1.88 bits per heavy atom. The van der Waals surface area contributed by atoms with Gasteiger partial charge >= 0.3 is 6.61 Å². The highest BCUT2D eigenvalue weighted by Crippen LogP contribution is 2.40. The molecule has 2 N–H and O–H groups in total. The number of benzene rings is 1. The van der Waals surface area contributed by atoms with E-state index in [1.165, 1.54) is 12.1 Å². The maximum Gasteiger partial charge on any atom is 0.387 e. The molecule has 1 aliphatic rings. The zero-order valence-electron chi connectivity index (χ0n) is 9.16. The Kier molecular flexibility index (Phi) is 3.11. The van der Waals surface area contributed by atoms with Crippen molar-refractivity contribution in [1.29, 1.82) is 0 Å². The highest BCUT2D eigenvalue weighted by molar-refractivity contribution is 5.88. The number of halogens is 2. The summed E-state index contributed by atoms with van der Waals surface area (Å²) in [6, 6.07) is 6.33. The third kappa shape index (κ3) is 2.29. The number of ether oxygens (including phenoxy) is 1. The van der Waals surface area contributed by atoms with Crippen LogP contribution < -0.4 is 10.5 Å². The molecular weight excluding hydrogens is 228 g/mol. The minimum Gasteiger partial charge on any atom is -0.435 e. The molecule has 1 aromatic rings. The van der Waals surface area contributed by atoms with Gasteiger partial charge in [-0.15, -0.1) is 0 Å². The Hall–Kier alpha value is -1.49. The lowest BCUT2D eigenvalue weighted by atomic mass is 9.64. The van der Waals surface area contributed by atoms with Crippen LogP contribution in [0.2, 0.25) is 0 Å². The summed E-state index contributed by atoms with van der Waals surface area (Å²) >= 11 is 0. The lowest BCUT2D eigenvalue weighted by Crippen LogP contribution is -2.47. The molecule has 0 saturated heterocycles. The highest BCUT2D eigenvalue weighted by Gasteiger charge is 2.43. The Labute approximate surface area is 97.6 Å². The first kappa shape index (κ1) is 12.0. The van der Waals surface area contributed by atoms with E-state index in [1.807, 2.05) is 0 Å². The molecule has 2 rings (SSSR count). The second-order valence-electron chi connectivity index (χ2n) is 4.28. The summed E-state index contributed by atoms with van der Waals surface area (Å²) in [5.41, 5.74) is 6.28. The average molecular weight is 241 g/mol. The van der Waals surface area contributed by atoms with Gasteiger partial charge in [0, 0.05) is 24.8 Å². The van der Waals surface area contributed by atoms with Crippen molar-refractivity contribution in [3.05, 3.63) is 29.8 Å². The second-order valence-corrected chi connectivity index (χ2v) is 4.28. The van der Waals surface area contributed by atoms with Gasteiger partial charge in [-0.2, -0.15) is 8.78 Å². The first-order chi connectivity index (χ1) is 8.05. The van der Waals surface area contributed by atoms with Crippen LogP contribution in [-0.2, 0) is 10.2 Å². The zero-order chi connectivity index (χ0) is 12.5. The van der Waals surface area contributed by atoms with E-state index in [1.54, 1.807) is 12.1 Å². The Morgan fingerprint density at radius 3 is 2.29 bits per heavy atom. The van der Waals surface area contributed by atoms with Crippen LogP contribution in [0.5, 0.6) is 5.75 Å². The van der Waals surface area contributed by atoms with Gasteiger partial charge in [-0.05, 0) is 17.7 Å². The van der Waals surface area contributed by atoms with Crippen LogP contribution in [0, 0.1) is 0 Å². The number of hydrogen-bond acceptors (Lipinski definition) is 3. The first-order valence-electron chi connectivity index (χ1n) is 5.33. The molecule has 3 nitrogen and oxygen atoms in total. The molecule has 1 saturated carbocycles. The topological polar surface area (TPSA) is 52.3 Å². The van der Waals surface area contributed by atoms with Crippen molar-refractivity contribution in [3.63, 3.8) is 0 Å². The van der Waals surface area contributed by atoms with Crippen LogP contribution in [0.1, 0.15) is 18.4 Å². The molecule has 1 fully saturated rings. The van der Waals surface area contributed by atoms with Crippen molar-refractivity contribution in [2.24, 2.45) is 5.73 Å². The number of alkyl halides is 2. The van der Waals surface area contributed by atoms with Crippen molar-refractivity contribution in [3.8, 4) is 5.75 Å². The van der Waals surface area contributed by atoms with Crippen molar-refractivity contribution < 1.29 is 18.3 Å². The fourth-order valence-electron chi connectivity index (χ4n) is 2.16. The smallest absolute Gasteiger partial charge is 0.387 e. The van der Waals surface area contributed by atoms with Crippen molar-refractivity contribution in [2.75, 3.05) is 6.54 Å². The molecule has 0 spiro atoms. The predicted octanol–water partition coefficient (Wildman–Crippen LogP) is 1.85. The Morgan fingerprint density at radius 1 is 1.29 bits per heavy atom. The van der Waals surface area contributed by atoms with Gasteiger partial charge in [0.25, 0.3) is 0 Å². The third-order valence-corrected chi connectivity index (χ3v) is 3.15. The van der Waals surface area contributed by atoms with Gasteiger partial charge < -0.3 is 10.5 Å². The molecular formula is C12H13F2NO2. The van der Waals surface area contributed by atoms with E-state index in [0.29, 0.717) is 19.4 Å². The number of Topliss-reactive ketones (excluding diaryl/α,β-unsaturated/α-hetero) is 1. The van der Waals surface area contributed by atoms with E-state index >= 15 is 0 Å². The Balaban J connectivity index is 2.14. The fourth-order valence-corrected chi connectivity index (χ4v) is 2.16. The normalized spacial score (nSPS) is 18.0. The summed E-state index contributed by atoms with van der Waals surface area (Å²) in [7, 11) is 0. The SMILES string of the molecule is NCC1(c2ccc(OC(F)F)cc2)CC(=O)C1. The summed E-state index contributed by atoms with van der Waals surface area (Å²) < 4.78 is 28.2. The molecule has 92 valence electrons. The zero-order valence-corrected chi connectivity index (χ0v) is 9.16. The van der Waals surface area contributed by atoms with Gasteiger partial charge in [-0.25, -0.2) is 0 Å². The van der Waals surface area contributed by atoms with E-state index in [0.717, 1.165) is 5.56 Å². The first-order valence-corrected chi connectivity index (χ1v) is 5.33. The van der Waals surface area contributed by atoms with E-state index in [2.05, 4.69) is 4.74 Å². The van der Waals surface area contributed by atoms with Crippen LogP contribution >= 0.6 is 0 Å². The molecule has 1 aliphatic carbocycles. The number of rotatable bonds is 4. The average Bonchev–Trinajstić information content (AvgIpc) is 2.25. The molecule has 0 atom stereocenters. The van der Waals surface area contributed by atoms with Crippen molar-refractivity contribution in [1.82, 2.24) is 0 Å². The van der Waals surface area contributed by atoms with Crippen molar-refractivity contribution >= 4 is 5.78 Å². The Bertz CT molecular complexity index is 409. The lowest BCUT2D eigenvalue weighted by Gasteiger charge is -2.40. The molecule has 17 heavy (non-hydrogen) atoms. The van der Waals surface area contributed by atoms with E-state index in [9.17, 15) is 13.6 Å². The number of ketones is 1. The summed E-state index contributed by atoms with van der Waals surface area (Å²) in [5, 5.41) is 0. The van der Waals surface area contributed by atoms with E-state index in [-0.39, 0.29) is 16.9 Å². The minimum atomic E-state index is -2.82. The van der Waals surface area contributed by atoms with Crippen molar-refractivity contribution in [2.45, 2.75) is 24.9 Å². The van der Waals surface area contributed by atoms with Crippen LogP contribution in [0.3, 0.4) is 0 Å². The third-order valence-electron chi connectivity index (χ3n) is 3.15. The molecule has 5 heteroatoms. The van der Waals surface area contributed by atoms with Crippen LogP contribution in [0.25, 0.3) is 0 Å². The van der Waals surface area contributed by atoms with Crippen LogP contribution in [-0.4, -0.2) is 18.9 Å². The quantitative estimate of drug-likeness (QED) is 0.875. The van der Waals surface area contributed by atoms with Gasteiger partial charge in [0.1, 0.15) is 11.5 Å². The standard InChI is InChI=1S/C12H13F2NO2/c13-11(14)17-10-3-1-8(2-4-10)12(7-15)5-9(16)6-12/h1-4,11H,5-7,15H2.